The van der Waals surface area contributed by atoms with Crippen LogP contribution in [0.25, 0.3) is 11.0 Å². The normalized spacial score (nSPS) is 25.9. The minimum Gasteiger partial charge on any atom is -0.465 e. The molecule has 4 rings (SSSR count). The summed E-state index contributed by atoms with van der Waals surface area (Å²) in [7, 11) is 0. The molecule has 1 amide bonds. The predicted octanol–water partition coefficient (Wildman–Crippen LogP) is 3.12. The van der Waals surface area contributed by atoms with Gasteiger partial charge in [0, 0.05) is 17.3 Å². The lowest BCUT2D eigenvalue weighted by Crippen LogP contribution is -2.61. The Morgan fingerprint density at radius 3 is 2.75 bits per heavy atom. The molecule has 8 heteroatoms. The van der Waals surface area contributed by atoms with E-state index in [4.69, 9.17) is 11.6 Å². The second kappa shape index (κ2) is 5.32. The highest BCUT2D eigenvalue weighted by atomic mass is 35.5. The molecule has 128 valence electrons. The average Bonchev–Trinajstić information content (AvgIpc) is 2.93. The van der Waals surface area contributed by atoms with E-state index in [1.165, 1.54) is 0 Å². The minimum absolute atomic E-state index is 0.150. The van der Waals surface area contributed by atoms with Crippen molar-refractivity contribution in [1.82, 2.24) is 19.4 Å². The molecule has 1 aliphatic carbocycles. The molecular formula is C16H19ClN4O3. The minimum atomic E-state index is -1.11. The van der Waals surface area contributed by atoms with Gasteiger partial charge in [0.25, 0.3) is 0 Å². The summed E-state index contributed by atoms with van der Waals surface area (Å²) in [6, 6.07) is 1.44. The SMILES string of the molecule is C[C@H]1c2cc3cnc(Cl)nc3n2C2(CCCCC2)C(O)N1C(=O)O. The predicted molar refractivity (Wildman–Crippen MR) is 87.9 cm³/mol. The highest BCUT2D eigenvalue weighted by Crippen LogP contribution is 2.48. The zero-order chi connectivity index (χ0) is 17.1. The van der Waals surface area contributed by atoms with Crippen LogP contribution in [-0.4, -0.2) is 42.0 Å². The number of aliphatic hydroxyl groups excluding tert-OH is 1. The van der Waals surface area contributed by atoms with Crippen LogP contribution in [0, 0.1) is 0 Å². The van der Waals surface area contributed by atoms with Gasteiger partial charge in [0.15, 0.2) is 6.23 Å². The van der Waals surface area contributed by atoms with Crippen LogP contribution < -0.4 is 0 Å². The number of carboxylic acid groups (broad SMARTS) is 1. The van der Waals surface area contributed by atoms with Gasteiger partial charge >= 0.3 is 6.09 Å². The Labute approximate surface area is 143 Å². The van der Waals surface area contributed by atoms with E-state index >= 15 is 0 Å². The summed E-state index contributed by atoms with van der Waals surface area (Å²) in [5.74, 6) is 0. The van der Waals surface area contributed by atoms with E-state index in [1.54, 1.807) is 13.1 Å². The molecule has 0 saturated heterocycles. The molecule has 1 aliphatic heterocycles. The monoisotopic (exact) mass is 350 g/mol. The molecule has 2 aliphatic rings. The quantitative estimate of drug-likeness (QED) is 0.712. The molecule has 3 heterocycles. The van der Waals surface area contributed by atoms with Gasteiger partial charge in [0.2, 0.25) is 5.28 Å². The van der Waals surface area contributed by atoms with Crippen LogP contribution in [0.4, 0.5) is 4.79 Å². The topological polar surface area (TPSA) is 91.5 Å². The molecule has 1 unspecified atom stereocenters. The van der Waals surface area contributed by atoms with Crippen molar-refractivity contribution in [3.8, 4) is 0 Å². The molecule has 0 aromatic carbocycles. The highest BCUT2D eigenvalue weighted by molar-refractivity contribution is 6.28. The number of hydrogen-bond donors (Lipinski definition) is 2. The van der Waals surface area contributed by atoms with Crippen molar-refractivity contribution in [1.29, 1.82) is 0 Å². The van der Waals surface area contributed by atoms with Gasteiger partial charge in [0.05, 0.1) is 11.6 Å². The van der Waals surface area contributed by atoms with Crippen LogP contribution in [0.1, 0.15) is 50.8 Å². The van der Waals surface area contributed by atoms with Gasteiger partial charge in [-0.3, -0.25) is 4.90 Å². The Hall–Kier alpha value is -1.86. The Morgan fingerprint density at radius 2 is 2.08 bits per heavy atom. The summed E-state index contributed by atoms with van der Waals surface area (Å²) in [5, 5.41) is 21.6. The Morgan fingerprint density at radius 1 is 1.38 bits per heavy atom. The van der Waals surface area contributed by atoms with Crippen molar-refractivity contribution in [2.45, 2.75) is 56.8 Å². The Bertz CT molecular complexity index is 815. The molecule has 2 N–H and O–H groups in total. The van der Waals surface area contributed by atoms with E-state index < -0.39 is 23.9 Å². The maximum atomic E-state index is 11.8. The number of aromatic nitrogens is 3. The largest absolute Gasteiger partial charge is 0.465 e. The van der Waals surface area contributed by atoms with E-state index in [0.717, 1.165) is 35.2 Å². The molecule has 1 spiro atoms. The average molecular weight is 351 g/mol. The molecule has 24 heavy (non-hydrogen) atoms. The molecule has 1 saturated carbocycles. The lowest BCUT2D eigenvalue weighted by molar-refractivity contribution is -0.119. The van der Waals surface area contributed by atoms with E-state index in [-0.39, 0.29) is 5.28 Å². The first-order valence-corrected chi connectivity index (χ1v) is 8.57. The van der Waals surface area contributed by atoms with E-state index in [0.29, 0.717) is 18.5 Å². The van der Waals surface area contributed by atoms with Crippen LogP contribution in [0.15, 0.2) is 12.3 Å². The van der Waals surface area contributed by atoms with Gasteiger partial charge in [-0.15, -0.1) is 0 Å². The van der Waals surface area contributed by atoms with Gasteiger partial charge in [-0.05, 0) is 37.4 Å². The summed E-state index contributed by atoms with van der Waals surface area (Å²) < 4.78 is 2.03. The number of rotatable bonds is 0. The molecule has 2 atom stereocenters. The molecule has 0 bridgehead atoms. The van der Waals surface area contributed by atoms with Crippen molar-refractivity contribution in [3.63, 3.8) is 0 Å². The first kappa shape index (κ1) is 15.7. The zero-order valence-electron chi connectivity index (χ0n) is 13.3. The fourth-order valence-electron chi connectivity index (χ4n) is 4.41. The van der Waals surface area contributed by atoms with Crippen molar-refractivity contribution in [3.05, 3.63) is 23.2 Å². The smallest absolute Gasteiger partial charge is 0.410 e. The first-order chi connectivity index (χ1) is 11.5. The highest BCUT2D eigenvalue weighted by Gasteiger charge is 2.52. The summed E-state index contributed by atoms with van der Waals surface area (Å²) in [6.07, 6.45) is 3.82. The maximum absolute atomic E-state index is 11.8. The van der Waals surface area contributed by atoms with Crippen molar-refractivity contribution >= 4 is 28.7 Å². The molecule has 7 nitrogen and oxygen atoms in total. The fourth-order valence-corrected chi connectivity index (χ4v) is 4.54. The molecule has 2 aromatic rings. The van der Waals surface area contributed by atoms with Crippen LogP contribution in [0.5, 0.6) is 0 Å². The summed E-state index contributed by atoms with van der Waals surface area (Å²) >= 11 is 5.99. The van der Waals surface area contributed by atoms with Gasteiger partial charge in [0.1, 0.15) is 5.65 Å². The van der Waals surface area contributed by atoms with E-state index in [1.807, 2.05) is 10.6 Å². The number of halogens is 1. The lowest BCUT2D eigenvalue weighted by Gasteiger charge is -2.52. The lowest BCUT2D eigenvalue weighted by atomic mass is 9.77. The second-order valence-corrected chi connectivity index (χ2v) is 7.06. The van der Waals surface area contributed by atoms with Crippen LogP contribution in [-0.2, 0) is 5.54 Å². The van der Waals surface area contributed by atoms with Crippen LogP contribution in [0.2, 0.25) is 5.28 Å². The Kier molecular flexibility index (Phi) is 3.47. The fraction of sp³-hybridized carbons (Fsp3) is 0.562. The van der Waals surface area contributed by atoms with Crippen LogP contribution >= 0.6 is 11.6 Å². The third-order valence-corrected chi connectivity index (χ3v) is 5.70. The summed E-state index contributed by atoms with van der Waals surface area (Å²) in [4.78, 5) is 21.4. The van der Waals surface area contributed by atoms with Gasteiger partial charge < -0.3 is 14.8 Å². The number of amides is 1. The van der Waals surface area contributed by atoms with Crippen molar-refractivity contribution in [2.24, 2.45) is 0 Å². The van der Waals surface area contributed by atoms with Crippen molar-refractivity contribution in [2.75, 3.05) is 0 Å². The number of fused-ring (bicyclic) bond motifs is 4. The number of hydrogen-bond acceptors (Lipinski definition) is 4. The molecule has 1 fully saturated rings. The molecular weight excluding hydrogens is 332 g/mol. The molecule has 0 radical (unpaired) electrons. The third kappa shape index (κ3) is 1.97. The summed E-state index contributed by atoms with van der Waals surface area (Å²) in [6.45, 7) is 1.78. The summed E-state index contributed by atoms with van der Waals surface area (Å²) in [5.41, 5.74) is 0.803. The maximum Gasteiger partial charge on any atom is 0.410 e. The standard InChI is InChI=1S/C16H19ClN4O3/c1-9-11-7-10-8-18-14(17)19-12(10)21(11)16(5-3-2-4-6-16)13(22)20(9)15(23)24/h7-9,13,22H,2-6H2,1H3,(H,23,24)/t9-,13?/m0/s1. The van der Waals surface area contributed by atoms with E-state index in [9.17, 15) is 15.0 Å². The van der Waals surface area contributed by atoms with Crippen molar-refractivity contribution < 1.29 is 15.0 Å². The van der Waals surface area contributed by atoms with Gasteiger partial charge in [-0.2, -0.15) is 4.98 Å². The first-order valence-electron chi connectivity index (χ1n) is 8.19. The van der Waals surface area contributed by atoms with Gasteiger partial charge in [-0.25, -0.2) is 9.78 Å². The molecule has 2 aromatic heterocycles. The Balaban J connectivity index is 2.03. The third-order valence-electron chi connectivity index (χ3n) is 5.51. The van der Waals surface area contributed by atoms with E-state index in [2.05, 4.69) is 9.97 Å². The van der Waals surface area contributed by atoms with Gasteiger partial charge in [-0.1, -0.05) is 19.3 Å². The second-order valence-electron chi connectivity index (χ2n) is 6.73. The number of nitrogens with zero attached hydrogens (tertiary/aromatic N) is 4. The number of aliphatic hydroxyl groups is 1. The van der Waals surface area contributed by atoms with Crippen LogP contribution in [0.3, 0.4) is 0 Å². The zero-order valence-corrected chi connectivity index (χ0v) is 14.1. The number of carbonyl (C=O) groups is 1.